The van der Waals surface area contributed by atoms with E-state index in [0.29, 0.717) is 6.54 Å². The molecule has 3 heterocycles. The molecule has 32 heavy (non-hydrogen) atoms. The van der Waals surface area contributed by atoms with Crippen LogP contribution in [0.3, 0.4) is 0 Å². The van der Waals surface area contributed by atoms with E-state index in [1.807, 2.05) is 35.0 Å². The highest BCUT2D eigenvalue weighted by Crippen LogP contribution is 2.26. The standard InChI is InChI=1S/C24H28BrN7/c1-17(27-14-18-9-10-23(28-15-18)26-11-12-31(2)3)22-13-21(19-7-5-4-6-8-19)30-24-20(25)16-29-32(22)24/h4-10,13,15-17,27H,11-12,14H2,1-3H3,(H,26,28). The summed E-state index contributed by atoms with van der Waals surface area (Å²) in [4.78, 5) is 11.5. The second-order valence-electron chi connectivity index (χ2n) is 8.04. The zero-order valence-corrected chi connectivity index (χ0v) is 20.2. The highest BCUT2D eigenvalue weighted by Gasteiger charge is 2.16. The van der Waals surface area contributed by atoms with E-state index in [-0.39, 0.29) is 6.04 Å². The monoisotopic (exact) mass is 493 g/mol. The van der Waals surface area contributed by atoms with Crippen LogP contribution in [0.2, 0.25) is 0 Å². The number of nitrogens with one attached hydrogen (secondary N) is 2. The van der Waals surface area contributed by atoms with Gasteiger partial charge in [0.2, 0.25) is 0 Å². The SMILES string of the molecule is CC(NCc1ccc(NCCN(C)C)nc1)c1cc(-c2ccccc2)nc2c(Br)cnn12. The second-order valence-corrected chi connectivity index (χ2v) is 8.90. The molecule has 0 saturated heterocycles. The predicted octanol–water partition coefficient (Wildman–Crippen LogP) is 4.38. The van der Waals surface area contributed by atoms with Gasteiger partial charge in [0.1, 0.15) is 5.82 Å². The first-order valence-corrected chi connectivity index (χ1v) is 11.5. The molecule has 8 heteroatoms. The summed E-state index contributed by atoms with van der Waals surface area (Å²) in [6, 6.07) is 16.5. The van der Waals surface area contributed by atoms with Crippen LogP contribution in [0.1, 0.15) is 24.2 Å². The Morgan fingerprint density at radius 1 is 1.09 bits per heavy atom. The lowest BCUT2D eigenvalue weighted by Crippen LogP contribution is -2.22. The first-order chi connectivity index (χ1) is 15.5. The van der Waals surface area contributed by atoms with Gasteiger partial charge in [-0.25, -0.2) is 14.5 Å². The summed E-state index contributed by atoms with van der Waals surface area (Å²) in [5, 5.41) is 11.5. The first-order valence-electron chi connectivity index (χ1n) is 10.7. The molecular formula is C24H28BrN7. The normalized spacial score (nSPS) is 12.4. The van der Waals surface area contributed by atoms with Gasteiger partial charge in [-0.2, -0.15) is 5.10 Å². The molecule has 0 aliphatic carbocycles. The van der Waals surface area contributed by atoms with E-state index >= 15 is 0 Å². The van der Waals surface area contributed by atoms with E-state index in [2.05, 4.69) is 86.8 Å². The second kappa shape index (κ2) is 10.2. The molecule has 1 unspecified atom stereocenters. The van der Waals surface area contributed by atoms with Gasteiger partial charge in [-0.3, -0.25) is 0 Å². The summed E-state index contributed by atoms with van der Waals surface area (Å²) in [5.74, 6) is 0.897. The number of rotatable bonds is 9. The molecule has 0 spiro atoms. The van der Waals surface area contributed by atoms with Crippen molar-refractivity contribution in [3.8, 4) is 11.3 Å². The van der Waals surface area contributed by atoms with Crippen LogP contribution < -0.4 is 10.6 Å². The molecule has 1 atom stereocenters. The summed E-state index contributed by atoms with van der Waals surface area (Å²) in [7, 11) is 4.12. The molecule has 7 nitrogen and oxygen atoms in total. The highest BCUT2D eigenvalue weighted by atomic mass is 79.9. The molecular weight excluding hydrogens is 466 g/mol. The van der Waals surface area contributed by atoms with E-state index in [0.717, 1.165) is 51.5 Å². The van der Waals surface area contributed by atoms with Gasteiger partial charge in [0.25, 0.3) is 0 Å². The van der Waals surface area contributed by atoms with Gasteiger partial charge in [-0.05, 0) is 54.6 Å². The van der Waals surface area contributed by atoms with E-state index in [9.17, 15) is 0 Å². The van der Waals surface area contributed by atoms with Gasteiger partial charge in [-0.1, -0.05) is 36.4 Å². The molecule has 0 fully saturated rings. The molecule has 3 aromatic heterocycles. The number of halogens is 1. The van der Waals surface area contributed by atoms with E-state index in [1.165, 1.54) is 0 Å². The molecule has 0 radical (unpaired) electrons. The molecule has 0 aliphatic heterocycles. The number of anilines is 1. The van der Waals surface area contributed by atoms with Crippen molar-refractivity contribution >= 4 is 27.4 Å². The van der Waals surface area contributed by atoms with Crippen LogP contribution in [-0.2, 0) is 6.54 Å². The number of fused-ring (bicyclic) bond motifs is 1. The number of hydrogen-bond acceptors (Lipinski definition) is 6. The van der Waals surface area contributed by atoms with Gasteiger partial charge in [-0.15, -0.1) is 0 Å². The zero-order valence-electron chi connectivity index (χ0n) is 18.6. The molecule has 1 aromatic carbocycles. The number of pyridine rings is 1. The minimum Gasteiger partial charge on any atom is -0.369 e. The van der Waals surface area contributed by atoms with Crippen molar-refractivity contribution in [3.63, 3.8) is 0 Å². The van der Waals surface area contributed by atoms with Crippen molar-refractivity contribution in [3.05, 3.63) is 76.7 Å². The van der Waals surface area contributed by atoms with Crippen LogP contribution in [0, 0.1) is 0 Å². The Hall–Kier alpha value is -2.81. The average Bonchev–Trinajstić information content (AvgIpc) is 3.19. The lowest BCUT2D eigenvalue weighted by atomic mass is 10.1. The third-order valence-electron chi connectivity index (χ3n) is 5.27. The van der Waals surface area contributed by atoms with Crippen LogP contribution in [0.5, 0.6) is 0 Å². The van der Waals surface area contributed by atoms with Gasteiger partial charge >= 0.3 is 0 Å². The number of nitrogens with zero attached hydrogens (tertiary/aromatic N) is 5. The highest BCUT2D eigenvalue weighted by molar-refractivity contribution is 9.10. The van der Waals surface area contributed by atoms with Crippen molar-refractivity contribution < 1.29 is 0 Å². The number of likely N-dealkylation sites (N-methyl/N-ethyl adjacent to an activating group) is 1. The van der Waals surface area contributed by atoms with E-state index < -0.39 is 0 Å². The third-order valence-corrected chi connectivity index (χ3v) is 5.83. The Bertz CT molecular complexity index is 1160. The molecule has 0 amide bonds. The molecule has 2 N–H and O–H groups in total. The van der Waals surface area contributed by atoms with Crippen LogP contribution in [0.15, 0.2) is 65.4 Å². The Kier molecular flexibility index (Phi) is 7.14. The largest absolute Gasteiger partial charge is 0.369 e. The van der Waals surface area contributed by atoms with Gasteiger partial charge in [0, 0.05) is 37.4 Å². The third kappa shape index (κ3) is 5.32. The maximum absolute atomic E-state index is 4.82. The average molecular weight is 494 g/mol. The molecule has 0 aliphatic rings. The van der Waals surface area contributed by atoms with Crippen LogP contribution in [0.25, 0.3) is 16.9 Å². The summed E-state index contributed by atoms with van der Waals surface area (Å²) in [5.41, 5.74) is 5.00. The maximum atomic E-state index is 4.82. The van der Waals surface area contributed by atoms with Crippen LogP contribution in [0.4, 0.5) is 5.82 Å². The van der Waals surface area contributed by atoms with Crippen molar-refractivity contribution in [2.45, 2.75) is 19.5 Å². The maximum Gasteiger partial charge on any atom is 0.170 e. The predicted molar refractivity (Wildman–Crippen MR) is 133 cm³/mol. The molecule has 166 valence electrons. The fourth-order valence-electron chi connectivity index (χ4n) is 3.44. The van der Waals surface area contributed by atoms with Crippen LogP contribution >= 0.6 is 15.9 Å². The summed E-state index contributed by atoms with van der Waals surface area (Å²) in [6.45, 7) is 4.69. The fraction of sp³-hybridized carbons (Fsp3) is 0.292. The molecule has 0 bridgehead atoms. The summed E-state index contributed by atoms with van der Waals surface area (Å²) >= 11 is 3.58. The number of aromatic nitrogens is 4. The quantitative estimate of drug-likeness (QED) is 0.360. The fourth-order valence-corrected chi connectivity index (χ4v) is 3.79. The Balaban J connectivity index is 1.48. The minimum absolute atomic E-state index is 0.0626. The Morgan fingerprint density at radius 3 is 2.62 bits per heavy atom. The number of benzene rings is 1. The van der Waals surface area contributed by atoms with Crippen LogP contribution in [-0.4, -0.2) is 51.7 Å². The topological polar surface area (TPSA) is 70.4 Å². The molecule has 4 rings (SSSR count). The molecule has 0 saturated carbocycles. The first kappa shape index (κ1) is 22.4. The summed E-state index contributed by atoms with van der Waals surface area (Å²) in [6.07, 6.45) is 3.71. The minimum atomic E-state index is 0.0626. The van der Waals surface area contributed by atoms with Gasteiger partial charge in [0.15, 0.2) is 5.65 Å². The Morgan fingerprint density at radius 2 is 1.91 bits per heavy atom. The van der Waals surface area contributed by atoms with Gasteiger partial charge < -0.3 is 15.5 Å². The molecule has 4 aromatic rings. The van der Waals surface area contributed by atoms with Crippen molar-refractivity contribution in [2.24, 2.45) is 0 Å². The van der Waals surface area contributed by atoms with E-state index in [4.69, 9.17) is 4.98 Å². The Labute approximate surface area is 197 Å². The lowest BCUT2D eigenvalue weighted by Gasteiger charge is -2.17. The van der Waals surface area contributed by atoms with Crippen molar-refractivity contribution in [1.29, 1.82) is 0 Å². The summed E-state index contributed by atoms with van der Waals surface area (Å²) < 4.78 is 2.77. The number of hydrogen-bond donors (Lipinski definition) is 2. The smallest absolute Gasteiger partial charge is 0.170 e. The van der Waals surface area contributed by atoms with Gasteiger partial charge in [0.05, 0.1) is 22.1 Å². The zero-order chi connectivity index (χ0) is 22.5. The van der Waals surface area contributed by atoms with Crippen molar-refractivity contribution in [1.82, 2.24) is 29.8 Å². The van der Waals surface area contributed by atoms with E-state index in [1.54, 1.807) is 6.20 Å². The lowest BCUT2D eigenvalue weighted by molar-refractivity contribution is 0.425. The van der Waals surface area contributed by atoms with Crippen molar-refractivity contribution in [2.75, 3.05) is 32.5 Å².